The number of aromatic nitrogens is 2. The molecule has 2 heterocycles. The van der Waals surface area contributed by atoms with Crippen LogP contribution in [0.15, 0.2) is 47.6 Å². The van der Waals surface area contributed by atoms with Crippen LogP contribution in [0.1, 0.15) is 32.2 Å². The van der Waals surface area contributed by atoms with Gasteiger partial charge in [-0.3, -0.25) is 9.48 Å². The Labute approximate surface area is 147 Å². The van der Waals surface area contributed by atoms with Crippen molar-refractivity contribution < 1.29 is 13.2 Å². The second-order valence-electron chi connectivity index (χ2n) is 6.14. The highest BCUT2D eigenvalue weighted by Gasteiger charge is 2.25. The molecule has 1 aromatic carbocycles. The van der Waals surface area contributed by atoms with Crippen molar-refractivity contribution in [3.63, 3.8) is 0 Å². The summed E-state index contributed by atoms with van der Waals surface area (Å²) in [6.45, 7) is 2.89. The molecule has 0 spiro atoms. The number of carbonyl (C=O) groups excluding carboxylic acids is 1. The van der Waals surface area contributed by atoms with E-state index in [2.05, 4.69) is 10.4 Å². The third-order valence-corrected chi connectivity index (χ3v) is 6.29. The molecule has 1 atom stereocenters. The zero-order chi connectivity index (χ0) is 17.9. The van der Waals surface area contributed by atoms with Crippen molar-refractivity contribution in [2.45, 2.75) is 37.1 Å². The Morgan fingerprint density at radius 3 is 2.44 bits per heavy atom. The average molecular weight is 362 g/mol. The predicted octanol–water partition coefficient (Wildman–Crippen LogP) is 2.26. The number of hydrogen-bond acceptors (Lipinski definition) is 4. The Morgan fingerprint density at radius 1 is 1.16 bits per heavy atom. The minimum atomic E-state index is -3.45. The number of nitrogens with one attached hydrogen (secondary N) is 1. The molecule has 1 unspecified atom stereocenters. The number of anilines is 1. The molecule has 1 aliphatic heterocycles. The molecule has 134 valence electrons. The lowest BCUT2D eigenvalue weighted by molar-refractivity contribution is -0.119. The predicted molar refractivity (Wildman–Crippen MR) is 94.6 cm³/mol. The Kier molecular flexibility index (Phi) is 5.19. The van der Waals surface area contributed by atoms with E-state index in [-0.39, 0.29) is 10.8 Å². The van der Waals surface area contributed by atoms with Crippen molar-refractivity contribution in [1.29, 1.82) is 0 Å². The fourth-order valence-corrected chi connectivity index (χ4v) is 4.36. The number of piperidine rings is 1. The van der Waals surface area contributed by atoms with E-state index in [9.17, 15) is 13.2 Å². The maximum Gasteiger partial charge on any atom is 0.248 e. The first-order valence-electron chi connectivity index (χ1n) is 8.39. The van der Waals surface area contributed by atoms with Gasteiger partial charge in [-0.05, 0) is 50.1 Å². The average Bonchev–Trinajstić information content (AvgIpc) is 3.17. The lowest BCUT2D eigenvalue weighted by Gasteiger charge is -2.25. The van der Waals surface area contributed by atoms with Gasteiger partial charge in [-0.25, -0.2) is 8.42 Å². The minimum absolute atomic E-state index is 0.213. The van der Waals surface area contributed by atoms with Crippen LogP contribution in [0.5, 0.6) is 0 Å². The lowest BCUT2D eigenvalue weighted by atomic mass is 10.2. The number of nitrogens with zero attached hydrogens (tertiary/aromatic N) is 3. The molecule has 25 heavy (non-hydrogen) atoms. The van der Waals surface area contributed by atoms with Gasteiger partial charge in [-0.15, -0.1) is 0 Å². The maximum absolute atomic E-state index is 12.6. The summed E-state index contributed by atoms with van der Waals surface area (Å²) in [5.41, 5.74) is 0.557. The largest absolute Gasteiger partial charge is 0.324 e. The number of amides is 1. The minimum Gasteiger partial charge on any atom is -0.324 e. The topological polar surface area (TPSA) is 84.3 Å². The van der Waals surface area contributed by atoms with Crippen LogP contribution in [-0.2, 0) is 14.8 Å². The molecule has 1 aromatic heterocycles. The molecule has 0 radical (unpaired) electrons. The summed E-state index contributed by atoms with van der Waals surface area (Å²) in [4.78, 5) is 12.5. The van der Waals surface area contributed by atoms with Gasteiger partial charge in [-0.2, -0.15) is 9.40 Å². The molecule has 7 nitrogen and oxygen atoms in total. The second-order valence-corrected chi connectivity index (χ2v) is 8.08. The Bertz CT molecular complexity index is 810. The van der Waals surface area contributed by atoms with Gasteiger partial charge >= 0.3 is 0 Å². The highest BCUT2D eigenvalue weighted by molar-refractivity contribution is 7.89. The van der Waals surface area contributed by atoms with E-state index in [0.717, 1.165) is 19.3 Å². The number of rotatable bonds is 5. The van der Waals surface area contributed by atoms with Crippen LogP contribution in [0.4, 0.5) is 5.69 Å². The van der Waals surface area contributed by atoms with Gasteiger partial charge < -0.3 is 5.32 Å². The second kappa shape index (κ2) is 7.37. The van der Waals surface area contributed by atoms with Crippen LogP contribution in [0.3, 0.4) is 0 Å². The number of carbonyl (C=O) groups is 1. The van der Waals surface area contributed by atoms with Crippen LogP contribution in [-0.4, -0.2) is 41.5 Å². The van der Waals surface area contributed by atoms with Crippen LogP contribution in [0.25, 0.3) is 0 Å². The SMILES string of the molecule is CC(C(=O)Nc1ccc(S(=O)(=O)N2CCCCC2)cc1)n1cccn1. The molecular weight excluding hydrogens is 340 g/mol. The molecule has 1 aliphatic rings. The van der Waals surface area contributed by atoms with Crippen LogP contribution >= 0.6 is 0 Å². The van der Waals surface area contributed by atoms with Crippen molar-refractivity contribution in [3.8, 4) is 0 Å². The Morgan fingerprint density at radius 2 is 1.84 bits per heavy atom. The lowest BCUT2D eigenvalue weighted by Crippen LogP contribution is -2.35. The van der Waals surface area contributed by atoms with Crippen molar-refractivity contribution in [2.75, 3.05) is 18.4 Å². The van der Waals surface area contributed by atoms with Crippen LogP contribution < -0.4 is 5.32 Å². The third kappa shape index (κ3) is 3.91. The summed E-state index contributed by atoms with van der Waals surface area (Å²) in [6.07, 6.45) is 6.21. The van der Waals surface area contributed by atoms with Gasteiger partial charge in [0, 0.05) is 31.2 Å². The molecule has 1 fully saturated rings. The summed E-state index contributed by atoms with van der Waals surface area (Å²) in [7, 11) is -3.45. The molecule has 0 aliphatic carbocycles. The summed E-state index contributed by atoms with van der Waals surface area (Å²) < 4.78 is 28.3. The van der Waals surface area contributed by atoms with E-state index in [4.69, 9.17) is 0 Å². The first-order chi connectivity index (χ1) is 12.0. The fourth-order valence-electron chi connectivity index (χ4n) is 2.84. The molecule has 1 amide bonds. The van der Waals surface area contributed by atoms with E-state index < -0.39 is 16.1 Å². The van der Waals surface area contributed by atoms with Crippen molar-refractivity contribution in [3.05, 3.63) is 42.7 Å². The zero-order valence-corrected chi connectivity index (χ0v) is 14.9. The number of benzene rings is 1. The fraction of sp³-hybridized carbons (Fsp3) is 0.412. The smallest absolute Gasteiger partial charge is 0.248 e. The quantitative estimate of drug-likeness (QED) is 0.884. The highest BCUT2D eigenvalue weighted by atomic mass is 32.2. The van der Waals surface area contributed by atoms with Gasteiger partial charge in [0.1, 0.15) is 6.04 Å². The van der Waals surface area contributed by atoms with Crippen molar-refractivity contribution in [2.24, 2.45) is 0 Å². The molecule has 2 aromatic rings. The first kappa shape index (κ1) is 17.6. The van der Waals surface area contributed by atoms with E-state index in [1.165, 1.54) is 16.4 Å². The summed E-state index contributed by atoms with van der Waals surface area (Å²) in [5, 5.41) is 6.83. The van der Waals surface area contributed by atoms with Crippen molar-refractivity contribution >= 4 is 21.6 Å². The van der Waals surface area contributed by atoms with E-state index in [0.29, 0.717) is 18.8 Å². The summed E-state index contributed by atoms with van der Waals surface area (Å²) in [6, 6.07) is 7.61. The Hall–Kier alpha value is -2.19. The van der Waals surface area contributed by atoms with Gasteiger partial charge in [0.15, 0.2) is 0 Å². The van der Waals surface area contributed by atoms with E-state index in [1.54, 1.807) is 42.2 Å². The zero-order valence-electron chi connectivity index (χ0n) is 14.1. The highest BCUT2D eigenvalue weighted by Crippen LogP contribution is 2.22. The third-order valence-electron chi connectivity index (χ3n) is 4.38. The van der Waals surface area contributed by atoms with Gasteiger partial charge in [-0.1, -0.05) is 6.42 Å². The first-order valence-corrected chi connectivity index (χ1v) is 9.83. The van der Waals surface area contributed by atoms with Gasteiger partial charge in [0.05, 0.1) is 4.90 Å². The molecule has 8 heteroatoms. The molecular formula is C17H22N4O3S. The Balaban J connectivity index is 1.68. The monoisotopic (exact) mass is 362 g/mol. The van der Waals surface area contributed by atoms with Crippen molar-refractivity contribution in [1.82, 2.24) is 14.1 Å². The van der Waals surface area contributed by atoms with E-state index >= 15 is 0 Å². The number of sulfonamides is 1. The van der Waals surface area contributed by atoms with Crippen LogP contribution in [0, 0.1) is 0 Å². The standard InChI is InChI=1S/C17H22N4O3S/c1-14(21-13-5-10-18-21)17(22)19-15-6-8-16(9-7-15)25(23,24)20-11-3-2-4-12-20/h5-10,13-14H,2-4,11-12H2,1H3,(H,19,22). The normalized spacial score (nSPS) is 17.2. The molecule has 3 rings (SSSR count). The molecule has 1 saturated heterocycles. The molecule has 0 bridgehead atoms. The molecule has 0 saturated carbocycles. The molecule has 1 N–H and O–H groups in total. The van der Waals surface area contributed by atoms with Gasteiger partial charge in [0.2, 0.25) is 15.9 Å². The maximum atomic E-state index is 12.6. The number of hydrogen-bond donors (Lipinski definition) is 1. The van der Waals surface area contributed by atoms with E-state index in [1.807, 2.05) is 0 Å². The van der Waals surface area contributed by atoms with Gasteiger partial charge in [0.25, 0.3) is 0 Å². The summed E-state index contributed by atoms with van der Waals surface area (Å²) in [5.74, 6) is -0.213. The van der Waals surface area contributed by atoms with Crippen LogP contribution in [0.2, 0.25) is 0 Å². The summed E-state index contributed by atoms with van der Waals surface area (Å²) >= 11 is 0.